The first-order valence-electron chi connectivity index (χ1n) is 8.93. The van der Waals surface area contributed by atoms with E-state index in [9.17, 15) is 0 Å². The second-order valence-electron chi connectivity index (χ2n) is 7.40. The number of methoxy groups -OCH3 is 1. The Morgan fingerprint density at radius 1 is 1.33 bits per heavy atom. The maximum absolute atomic E-state index is 5.16. The molecule has 1 N–H and O–H groups in total. The highest BCUT2D eigenvalue weighted by atomic mass is 16.5. The third-order valence-electron chi connectivity index (χ3n) is 5.36. The molecule has 1 aliphatic carbocycles. The van der Waals surface area contributed by atoms with E-state index in [1.54, 1.807) is 7.11 Å². The van der Waals surface area contributed by atoms with Crippen molar-refractivity contribution in [2.24, 2.45) is 11.3 Å². The number of hydrogen-bond acceptors (Lipinski definition) is 3. The summed E-state index contributed by atoms with van der Waals surface area (Å²) >= 11 is 0. The first-order chi connectivity index (χ1) is 10.0. The highest BCUT2D eigenvalue weighted by Crippen LogP contribution is 2.39. The third-order valence-corrected chi connectivity index (χ3v) is 5.36. The molecule has 21 heavy (non-hydrogen) atoms. The van der Waals surface area contributed by atoms with Crippen molar-refractivity contribution in [3.05, 3.63) is 0 Å². The Kier molecular flexibility index (Phi) is 8.84. The zero-order valence-corrected chi connectivity index (χ0v) is 15.1. The van der Waals surface area contributed by atoms with Gasteiger partial charge in [0.05, 0.1) is 6.61 Å². The van der Waals surface area contributed by atoms with Gasteiger partial charge in [-0.1, -0.05) is 33.1 Å². The topological polar surface area (TPSA) is 24.5 Å². The standard InChI is InChI=1S/C18H38N2O/c1-6-7-17(3)20(4)15-18(14-19-12-13-21-5)10-8-16(2)9-11-18/h16-17,19H,6-15H2,1-5H3. The maximum atomic E-state index is 5.16. The molecule has 1 saturated carbocycles. The van der Waals surface area contributed by atoms with Gasteiger partial charge in [0.1, 0.15) is 0 Å². The number of nitrogens with one attached hydrogen (secondary N) is 1. The van der Waals surface area contributed by atoms with E-state index in [1.807, 2.05) is 0 Å². The van der Waals surface area contributed by atoms with Crippen molar-refractivity contribution >= 4 is 0 Å². The molecule has 0 aromatic carbocycles. The van der Waals surface area contributed by atoms with Crippen LogP contribution in [0.2, 0.25) is 0 Å². The highest BCUT2D eigenvalue weighted by Gasteiger charge is 2.35. The van der Waals surface area contributed by atoms with Gasteiger partial charge in [-0.05, 0) is 44.6 Å². The molecule has 0 aliphatic heterocycles. The van der Waals surface area contributed by atoms with Gasteiger partial charge in [-0.2, -0.15) is 0 Å². The largest absolute Gasteiger partial charge is 0.383 e. The molecule has 1 rings (SSSR count). The summed E-state index contributed by atoms with van der Waals surface area (Å²) in [6.07, 6.45) is 8.11. The summed E-state index contributed by atoms with van der Waals surface area (Å²) in [5, 5.41) is 3.64. The van der Waals surface area contributed by atoms with Crippen molar-refractivity contribution in [1.29, 1.82) is 0 Å². The summed E-state index contributed by atoms with van der Waals surface area (Å²) in [5.74, 6) is 0.912. The van der Waals surface area contributed by atoms with Crippen molar-refractivity contribution in [1.82, 2.24) is 10.2 Å². The van der Waals surface area contributed by atoms with Crippen molar-refractivity contribution in [3.8, 4) is 0 Å². The molecule has 0 spiro atoms. The molecule has 3 heteroatoms. The quantitative estimate of drug-likeness (QED) is 0.624. The molecule has 1 atom stereocenters. The van der Waals surface area contributed by atoms with Crippen LogP contribution < -0.4 is 5.32 Å². The van der Waals surface area contributed by atoms with Crippen LogP contribution in [-0.4, -0.2) is 51.3 Å². The number of hydrogen-bond donors (Lipinski definition) is 1. The van der Waals surface area contributed by atoms with Gasteiger partial charge in [0.25, 0.3) is 0 Å². The summed E-state index contributed by atoms with van der Waals surface area (Å²) in [6, 6.07) is 0.699. The molecule has 0 heterocycles. The Morgan fingerprint density at radius 2 is 2.00 bits per heavy atom. The Morgan fingerprint density at radius 3 is 2.57 bits per heavy atom. The average Bonchev–Trinajstić information content (AvgIpc) is 2.47. The molecular formula is C18H38N2O. The number of rotatable bonds is 10. The first-order valence-corrected chi connectivity index (χ1v) is 8.93. The third kappa shape index (κ3) is 6.66. The molecule has 1 unspecified atom stereocenters. The molecule has 1 fully saturated rings. The predicted octanol–water partition coefficient (Wildman–Crippen LogP) is 3.54. The van der Waals surface area contributed by atoms with Gasteiger partial charge in [0, 0.05) is 32.8 Å². The SMILES string of the molecule is CCCC(C)N(C)CC1(CNCCOC)CCC(C)CC1. The molecule has 3 nitrogen and oxygen atoms in total. The monoisotopic (exact) mass is 298 g/mol. The van der Waals surface area contributed by atoms with E-state index in [2.05, 4.69) is 38.0 Å². The van der Waals surface area contributed by atoms with Crippen molar-refractivity contribution in [3.63, 3.8) is 0 Å². The lowest BCUT2D eigenvalue weighted by Crippen LogP contribution is -2.47. The molecule has 0 amide bonds. The van der Waals surface area contributed by atoms with Crippen LogP contribution in [0, 0.1) is 11.3 Å². The average molecular weight is 299 g/mol. The molecule has 1 aliphatic rings. The van der Waals surface area contributed by atoms with E-state index < -0.39 is 0 Å². The van der Waals surface area contributed by atoms with Crippen molar-refractivity contribution in [2.45, 2.75) is 65.3 Å². The van der Waals surface area contributed by atoms with Crippen LogP contribution in [0.5, 0.6) is 0 Å². The fourth-order valence-electron chi connectivity index (χ4n) is 3.62. The fourth-order valence-corrected chi connectivity index (χ4v) is 3.62. The smallest absolute Gasteiger partial charge is 0.0587 e. The minimum absolute atomic E-state index is 0.469. The molecule has 0 aromatic rings. The van der Waals surface area contributed by atoms with E-state index in [0.717, 1.165) is 25.6 Å². The van der Waals surface area contributed by atoms with Crippen LogP contribution in [0.4, 0.5) is 0 Å². The van der Waals surface area contributed by atoms with Crippen molar-refractivity contribution < 1.29 is 4.74 Å². The number of nitrogens with zero attached hydrogens (tertiary/aromatic N) is 1. The summed E-state index contributed by atoms with van der Waals surface area (Å²) in [4.78, 5) is 2.59. The Balaban J connectivity index is 2.54. The summed E-state index contributed by atoms with van der Waals surface area (Å²) < 4.78 is 5.16. The zero-order valence-electron chi connectivity index (χ0n) is 15.1. The van der Waals surface area contributed by atoms with Crippen LogP contribution in [0.1, 0.15) is 59.3 Å². The fraction of sp³-hybridized carbons (Fsp3) is 1.00. The van der Waals surface area contributed by atoms with Gasteiger partial charge in [0.15, 0.2) is 0 Å². The summed E-state index contributed by atoms with van der Waals surface area (Å²) in [6.45, 7) is 11.2. The van der Waals surface area contributed by atoms with Crippen LogP contribution in [0.15, 0.2) is 0 Å². The molecular weight excluding hydrogens is 260 g/mol. The summed E-state index contributed by atoms with van der Waals surface area (Å²) in [7, 11) is 4.09. The van der Waals surface area contributed by atoms with Gasteiger partial charge >= 0.3 is 0 Å². The predicted molar refractivity (Wildman–Crippen MR) is 91.8 cm³/mol. The van der Waals surface area contributed by atoms with Gasteiger partial charge in [-0.15, -0.1) is 0 Å². The second kappa shape index (κ2) is 9.81. The molecule has 0 aromatic heterocycles. The van der Waals surface area contributed by atoms with Crippen LogP contribution in [0.25, 0.3) is 0 Å². The molecule has 126 valence electrons. The highest BCUT2D eigenvalue weighted by molar-refractivity contribution is 4.89. The van der Waals surface area contributed by atoms with E-state index in [-0.39, 0.29) is 0 Å². The van der Waals surface area contributed by atoms with Crippen LogP contribution >= 0.6 is 0 Å². The lowest BCUT2D eigenvalue weighted by atomic mass is 9.70. The first kappa shape index (κ1) is 18.9. The van der Waals surface area contributed by atoms with Gasteiger partial charge in [0.2, 0.25) is 0 Å². The van der Waals surface area contributed by atoms with E-state index in [1.165, 1.54) is 45.1 Å². The van der Waals surface area contributed by atoms with Gasteiger partial charge in [-0.25, -0.2) is 0 Å². The Bertz CT molecular complexity index is 262. The van der Waals surface area contributed by atoms with Gasteiger partial charge < -0.3 is 15.0 Å². The molecule has 0 radical (unpaired) electrons. The van der Waals surface area contributed by atoms with E-state index in [0.29, 0.717) is 11.5 Å². The van der Waals surface area contributed by atoms with Crippen LogP contribution in [-0.2, 0) is 4.74 Å². The van der Waals surface area contributed by atoms with Crippen LogP contribution in [0.3, 0.4) is 0 Å². The lowest BCUT2D eigenvalue weighted by Gasteiger charge is -2.43. The Labute approximate surface area is 132 Å². The maximum Gasteiger partial charge on any atom is 0.0587 e. The Hall–Kier alpha value is -0.120. The molecule has 0 bridgehead atoms. The zero-order chi connectivity index (χ0) is 15.7. The van der Waals surface area contributed by atoms with E-state index >= 15 is 0 Å². The molecule has 0 saturated heterocycles. The minimum Gasteiger partial charge on any atom is -0.383 e. The minimum atomic E-state index is 0.469. The second-order valence-corrected chi connectivity index (χ2v) is 7.40. The normalized spacial score (nSPS) is 28.0. The summed E-state index contributed by atoms with van der Waals surface area (Å²) in [5.41, 5.74) is 0.469. The number of ether oxygens (including phenoxy) is 1. The van der Waals surface area contributed by atoms with Crippen molar-refractivity contribution in [2.75, 3.05) is 40.4 Å². The van der Waals surface area contributed by atoms with Gasteiger partial charge in [-0.3, -0.25) is 0 Å². The van der Waals surface area contributed by atoms with E-state index in [4.69, 9.17) is 4.74 Å². The lowest BCUT2D eigenvalue weighted by molar-refractivity contribution is 0.0777.